The van der Waals surface area contributed by atoms with E-state index in [0.29, 0.717) is 29.0 Å². The van der Waals surface area contributed by atoms with Gasteiger partial charge in [-0.3, -0.25) is 14.3 Å². The first-order valence-corrected chi connectivity index (χ1v) is 12.5. The van der Waals surface area contributed by atoms with Gasteiger partial charge in [0.1, 0.15) is 0 Å². The molecule has 2 aromatic carbocycles. The van der Waals surface area contributed by atoms with E-state index in [9.17, 15) is 18.0 Å². The van der Waals surface area contributed by atoms with E-state index in [2.05, 4.69) is 10.0 Å². The van der Waals surface area contributed by atoms with Gasteiger partial charge in [-0.1, -0.05) is 18.9 Å². The molecule has 0 aromatic heterocycles. The number of amides is 2. The van der Waals surface area contributed by atoms with Crippen LogP contribution in [-0.4, -0.2) is 26.8 Å². The fourth-order valence-corrected chi connectivity index (χ4v) is 5.95. The van der Waals surface area contributed by atoms with Gasteiger partial charge < -0.3 is 10.2 Å². The Bertz CT molecular complexity index is 1160. The van der Waals surface area contributed by atoms with Crippen molar-refractivity contribution in [2.24, 2.45) is 5.92 Å². The van der Waals surface area contributed by atoms with E-state index in [1.165, 1.54) is 6.92 Å². The smallest absolute Gasteiger partial charge is 0.261 e. The monoisotopic (exact) mass is 455 g/mol. The fourth-order valence-electron chi connectivity index (χ4n) is 4.73. The first kappa shape index (κ1) is 22.3. The lowest BCUT2D eigenvalue weighted by molar-refractivity contribution is -0.122. The number of hydrogen-bond donors (Lipinski definition) is 2. The first-order valence-electron chi connectivity index (χ1n) is 11.0. The third-order valence-electron chi connectivity index (χ3n) is 6.32. The third-order valence-corrected chi connectivity index (χ3v) is 7.68. The molecule has 7 nitrogen and oxygen atoms in total. The zero-order valence-electron chi connectivity index (χ0n) is 18.7. The Kier molecular flexibility index (Phi) is 5.99. The molecule has 2 N–H and O–H groups in total. The summed E-state index contributed by atoms with van der Waals surface area (Å²) in [6.07, 6.45) is 4.84. The van der Waals surface area contributed by atoms with Crippen LogP contribution >= 0.6 is 0 Å². The molecule has 0 saturated heterocycles. The number of carbonyl (C=O) groups is 2. The quantitative estimate of drug-likeness (QED) is 0.708. The normalized spacial score (nSPS) is 16.2. The summed E-state index contributed by atoms with van der Waals surface area (Å²) < 4.78 is 28.8. The molecular formula is C24H29N3O4S. The highest BCUT2D eigenvalue weighted by Gasteiger charge is 2.32. The molecule has 32 heavy (non-hydrogen) atoms. The second kappa shape index (κ2) is 8.58. The van der Waals surface area contributed by atoms with Crippen molar-refractivity contribution >= 4 is 38.9 Å². The van der Waals surface area contributed by atoms with Gasteiger partial charge in [0.05, 0.1) is 10.6 Å². The molecule has 1 aliphatic heterocycles. The highest BCUT2D eigenvalue weighted by Crippen LogP contribution is 2.36. The molecule has 2 amide bonds. The number of anilines is 3. The van der Waals surface area contributed by atoms with Crippen molar-refractivity contribution in [1.29, 1.82) is 0 Å². The molecule has 0 bridgehead atoms. The van der Waals surface area contributed by atoms with Gasteiger partial charge in [0.15, 0.2) is 0 Å². The number of rotatable bonds is 5. The first-order chi connectivity index (χ1) is 15.2. The maximum atomic E-state index is 13.1. The maximum absolute atomic E-state index is 13.1. The van der Waals surface area contributed by atoms with Crippen LogP contribution in [0.4, 0.5) is 17.1 Å². The van der Waals surface area contributed by atoms with Gasteiger partial charge in [0.2, 0.25) is 11.8 Å². The average Bonchev–Trinajstić information content (AvgIpc) is 3.39. The Hall–Kier alpha value is -2.87. The summed E-state index contributed by atoms with van der Waals surface area (Å²) >= 11 is 0. The number of nitrogens with one attached hydrogen (secondary N) is 2. The molecule has 0 radical (unpaired) electrons. The standard InChI is InChI=1S/C24H29N3O4S/c1-15-12-21(13-16(2)23(15)25-17(3)28)32(30,31)26-20-9-8-18-10-11-27(22(18)14-20)24(29)19-6-4-5-7-19/h8-9,12-14,19,26H,4-7,10-11H2,1-3H3,(H,25,28). The second-order valence-corrected chi connectivity index (χ2v) is 10.5. The van der Waals surface area contributed by atoms with E-state index < -0.39 is 10.0 Å². The van der Waals surface area contributed by atoms with Crippen LogP contribution in [0.2, 0.25) is 0 Å². The molecular weight excluding hydrogens is 426 g/mol. The van der Waals surface area contributed by atoms with E-state index in [-0.39, 0.29) is 22.6 Å². The van der Waals surface area contributed by atoms with Crippen molar-refractivity contribution in [3.63, 3.8) is 0 Å². The van der Waals surface area contributed by atoms with Crippen molar-refractivity contribution in [3.05, 3.63) is 47.0 Å². The summed E-state index contributed by atoms with van der Waals surface area (Å²) in [5, 5.41) is 2.74. The largest absolute Gasteiger partial charge is 0.326 e. The summed E-state index contributed by atoms with van der Waals surface area (Å²) in [5.74, 6) is 0.0234. The molecule has 0 atom stereocenters. The molecule has 2 aliphatic rings. The molecule has 1 fully saturated rings. The van der Waals surface area contributed by atoms with Gasteiger partial charge in [-0.25, -0.2) is 8.42 Å². The molecule has 1 saturated carbocycles. The molecule has 4 rings (SSSR count). The van der Waals surface area contributed by atoms with Gasteiger partial charge >= 0.3 is 0 Å². The summed E-state index contributed by atoms with van der Waals surface area (Å²) in [7, 11) is -3.84. The summed E-state index contributed by atoms with van der Waals surface area (Å²) in [5.41, 5.74) is 4.25. The lowest BCUT2D eigenvalue weighted by Crippen LogP contribution is -2.33. The SMILES string of the molecule is CC(=O)Nc1c(C)cc(S(=O)(=O)Nc2ccc3c(c2)N(C(=O)C2CCCC2)CC3)cc1C. The lowest BCUT2D eigenvalue weighted by atomic mass is 10.1. The van der Waals surface area contributed by atoms with Gasteiger partial charge in [-0.15, -0.1) is 0 Å². The minimum atomic E-state index is -3.84. The fraction of sp³-hybridized carbons (Fsp3) is 0.417. The molecule has 1 heterocycles. The van der Waals surface area contributed by atoms with Crippen LogP contribution < -0.4 is 14.9 Å². The van der Waals surface area contributed by atoms with Crippen LogP contribution in [-0.2, 0) is 26.0 Å². The topological polar surface area (TPSA) is 95.6 Å². The highest BCUT2D eigenvalue weighted by atomic mass is 32.2. The summed E-state index contributed by atoms with van der Waals surface area (Å²) in [4.78, 5) is 26.3. The average molecular weight is 456 g/mol. The number of fused-ring (bicyclic) bond motifs is 1. The van der Waals surface area contributed by atoms with Crippen molar-refractivity contribution in [3.8, 4) is 0 Å². The number of nitrogens with zero attached hydrogens (tertiary/aromatic N) is 1. The molecule has 1 aliphatic carbocycles. The van der Waals surface area contributed by atoms with Crippen LogP contribution in [0.15, 0.2) is 35.2 Å². The number of carbonyl (C=O) groups excluding carboxylic acids is 2. The van der Waals surface area contributed by atoms with E-state index in [1.807, 2.05) is 11.0 Å². The van der Waals surface area contributed by atoms with E-state index in [1.54, 1.807) is 38.1 Å². The predicted molar refractivity (Wildman–Crippen MR) is 125 cm³/mol. The zero-order valence-corrected chi connectivity index (χ0v) is 19.5. The van der Waals surface area contributed by atoms with Crippen LogP contribution in [0.5, 0.6) is 0 Å². The summed E-state index contributed by atoms with van der Waals surface area (Å²) in [6, 6.07) is 8.49. The molecule has 8 heteroatoms. The summed E-state index contributed by atoms with van der Waals surface area (Å²) in [6.45, 7) is 5.59. The number of aryl methyl sites for hydroxylation is 2. The van der Waals surface area contributed by atoms with Crippen LogP contribution in [0.3, 0.4) is 0 Å². The van der Waals surface area contributed by atoms with Crippen molar-refractivity contribution < 1.29 is 18.0 Å². The van der Waals surface area contributed by atoms with Gasteiger partial charge in [-0.2, -0.15) is 0 Å². The van der Waals surface area contributed by atoms with Crippen molar-refractivity contribution in [1.82, 2.24) is 0 Å². The zero-order chi connectivity index (χ0) is 23.0. The third kappa shape index (κ3) is 4.37. The van der Waals surface area contributed by atoms with E-state index in [0.717, 1.165) is 43.4 Å². The van der Waals surface area contributed by atoms with Crippen LogP contribution in [0, 0.1) is 19.8 Å². The lowest BCUT2D eigenvalue weighted by Gasteiger charge is -2.22. The van der Waals surface area contributed by atoms with Crippen LogP contribution in [0.25, 0.3) is 0 Å². The molecule has 0 spiro atoms. The Morgan fingerprint density at radius 3 is 2.31 bits per heavy atom. The minimum Gasteiger partial charge on any atom is -0.326 e. The highest BCUT2D eigenvalue weighted by molar-refractivity contribution is 7.92. The predicted octanol–water partition coefficient (Wildman–Crippen LogP) is 4.14. The second-order valence-electron chi connectivity index (χ2n) is 8.78. The van der Waals surface area contributed by atoms with Gasteiger partial charge in [0.25, 0.3) is 10.0 Å². The van der Waals surface area contributed by atoms with E-state index >= 15 is 0 Å². The molecule has 0 unspecified atom stereocenters. The Labute approximate surface area is 189 Å². The Balaban J connectivity index is 1.59. The number of benzene rings is 2. The molecule has 170 valence electrons. The van der Waals surface area contributed by atoms with E-state index in [4.69, 9.17) is 0 Å². The van der Waals surface area contributed by atoms with Gasteiger partial charge in [0, 0.05) is 30.8 Å². The van der Waals surface area contributed by atoms with Crippen molar-refractivity contribution in [2.75, 3.05) is 21.5 Å². The maximum Gasteiger partial charge on any atom is 0.261 e. The number of hydrogen-bond acceptors (Lipinski definition) is 4. The Morgan fingerprint density at radius 1 is 1.03 bits per heavy atom. The van der Waals surface area contributed by atoms with Crippen molar-refractivity contribution in [2.45, 2.75) is 57.8 Å². The number of sulfonamides is 1. The Morgan fingerprint density at radius 2 is 1.69 bits per heavy atom. The van der Waals surface area contributed by atoms with Crippen LogP contribution in [0.1, 0.15) is 49.3 Å². The molecule has 2 aromatic rings. The van der Waals surface area contributed by atoms with Gasteiger partial charge in [-0.05, 0) is 74.1 Å². The minimum absolute atomic E-state index is 0.0781.